The lowest BCUT2D eigenvalue weighted by atomic mass is 9.76. The van der Waals surface area contributed by atoms with Crippen LogP contribution in [0.3, 0.4) is 0 Å². The molecule has 0 heterocycles. The summed E-state index contributed by atoms with van der Waals surface area (Å²) in [6.45, 7) is 4.76. The summed E-state index contributed by atoms with van der Waals surface area (Å²) in [6.07, 6.45) is 4.24. The molecule has 5 nitrogen and oxygen atoms in total. The number of aliphatic carboxylic acids is 1. The molecule has 1 rings (SSSR count). The molecular formula is C13H24N2O3. The Morgan fingerprint density at radius 1 is 1.33 bits per heavy atom. The topological polar surface area (TPSA) is 69.6 Å². The van der Waals surface area contributed by atoms with E-state index in [9.17, 15) is 9.59 Å². The summed E-state index contributed by atoms with van der Waals surface area (Å²) < 4.78 is 0. The van der Waals surface area contributed by atoms with Crippen LogP contribution in [0.25, 0.3) is 0 Å². The summed E-state index contributed by atoms with van der Waals surface area (Å²) in [5.41, 5.74) is 0.385. The molecule has 18 heavy (non-hydrogen) atoms. The smallest absolute Gasteiger partial charge is 0.317 e. The summed E-state index contributed by atoms with van der Waals surface area (Å²) in [5, 5.41) is 11.5. The minimum atomic E-state index is -0.880. The van der Waals surface area contributed by atoms with Crippen LogP contribution in [0.15, 0.2) is 0 Å². The third-order valence-electron chi connectivity index (χ3n) is 3.67. The number of urea groups is 1. The first kappa shape index (κ1) is 14.8. The van der Waals surface area contributed by atoms with E-state index in [4.69, 9.17) is 5.11 Å². The van der Waals surface area contributed by atoms with Crippen LogP contribution in [0.5, 0.6) is 0 Å². The van der Waals surface area contributed by atoms with Crippen molar-refractivity contribution in [1.29, 1.82) is 0 Å². The quantitative estimate of drug-likeness (QED) is 0.809. The van der Waals surface area contributed by atoms with E-state index in [2.05, 4.69) is 19.2 Å². The lowest BCUT2D eigenvalue weighted by Gasteiger charge is -2.35. The van der Waals surface area contributed by atoms with Crippen LogP contribution in [0.1, 0.15) is 46.0 Å². The SMILES string of the molecule is CN(CCC(=O)O)C(=O)NC1CCC(C)(C)CC1. The predicted molar refractivity (Wildman–Crippen MR) is 69.5 cm³/mol. The summed E-state index contributed by atoms with van der Waals surface area (Å²) in [6, 6.07) is 0.0683. The third kappa shape index (κ3) is 4.94. The van der Waals surface area contributed by atoms with E-state index in [0.29, 0.717) is 5.41 Å². The second-order valence-electron chi connectivity index (χ2n) is 5.95. The van der Waals surface area contributed by atoms with Crippen LogP contribution in [0, 0.1) is 5.41 Å². The normalized spacial score (nSPS) is 19.3. The van der Waals surface area contributed by atoms with Crippen molar-refractivity contribution in [3.05, 3.63) is 0 Å². The molecule has 0 atom stereocenters. The third-order valence-corrected chi connectivity index (χ3v) is 3.67. The number of amides is 2. The van der Waals surface area contributed by atoms with Gasteiger partial charge in [0.05, 0.1) is 6.42 Å². The first-order valence-corrected chi connectivity index (χ1v) is 6.53. The van der Waals surface area contributed by atoms with Gasteiger partial charge in [-0.2, -0.15) is 0 Å². The van der Waals surface area contributed by atoms with Gasteiger partial charge in [-0.1, -0.05) is 13.8 Å². The summed E-state index contributed by atoms with van der Waals surface area (Å²) >= 11 is 0. The Kier molecular flexibility index (Phi) is 4.99. The molecule has 1 aliphatic rings. The molecule has 0 saturated heterocycles. The van der Waals surface area contributed by atoms with E-state index < -0.39 is 5.97 Å². The molecule has 0 spiro atoms. The molecule has 1 fully saturated rings. The van der Waals surface area contributed by atoms with Crippen molar-refractivity contribution >= 4 is 12.0 Å². The molecule has 2 amide bonds. The number of rotatable bonds is 4. The number of carbonyl (C=O) groups is 2. The van der Waals surface area contributed by atoms with Crippen molar-refractivity contribution in [2.75, 3.05) is 13.6 Å². The Balaban J connectivity index is 2.30. The standard InChI is InChI=1S/C13H24N2O3/c1-13(2)7-4-10(5-8-13)14-12(18)15(3)9-6-11(16)17/h10H,4-9H2,1-3H3,(H,14,18)(H,16,17). The molecular weight excluding hydrogens is 232 g/mol. The second-order valence-corrected chi connectivity index (χ2v) is 5.95. The fourth-order valence-corrected chi connectivity index (χ4v) is 2.19. The van der Waals surface area contributed by atoms with Gasteiger partial charge in [0, 0.05) is 19.6 Å². The van der Waals surface area contributed by atoms with Gasteiger partial charge in [0.2, 0.25) is 0 Å². The van der Waals surface area contributed by atoms with Crippen LogP contribution < -0.4 is 5.32 Å². The van der Waals surface area contributed by atoms with Gasteiger partial charge in [-0.15, -0.1) is 0 Å². The number of hydrogen-bond donors (Lipinski definition) is 2. The average Bonchev–Trinajstić information content (AvgIpc) is 2.28. The molecule has 0 aromatic heterocycles. The number of carbonyl (C=O) groups excluding carboxylic acids is 1. The number of nitrogens with zero attached hydrogens (tertiary/aromatic N) is 1. The fraction of sp³-hybridized carbons (Fsp3) is 0.846. The highest BCUT2D eigenvalue weighted by molar-refractivity contribution is 5.75. The minimum Gasteiger partial charge on any atom is -0.481 e. The number of nitrogens with one attached hydrogen (secondary N) is 1. The maximum atomic E-state index is 11.8. The van der Waals surface area contributed by atoms with Crippen molar-refractivity contribution in [1.82, 2.24) is 10.2 Å². The van der Waals surface area contributed by atoms with Crippen LogP contribution >= 0.6 is 0 Å². The lowest BCUT2D eigenvalue weighted by Crippen LogP contribution is -2.45. The number of carboxylic acid groups (broad SMARTS) is 1. The van der Waals surface area contributed by atoms with Crippen molar-refractivity contribution in [3.63, 3.8) is 0 Å². The van der Waals surface area contributed by atoms with E-state index in [1.165, 1.54) is 4.90 Å². The summed E-state index contributed by atoms with van der Waals surface area (Å²) in [5.74, 6) is -0.880. The molecule has 1 saturated carbocycles. The zero-order chi connectivity index (χ0) is 13.8. The molecule has 2 N–H and O–H groups in total. The highest BCUT2D eigenvalue weighted by Crippen LogP contribution is 2.34. The molecule has 0 radical (unpaired) electrons. The second kappa shape index (κ2) is 6.07. The summed E-state index contributed by atoms with van der Waals surface area (Å²) in [7, 11) is 1.63. The largest absolute Gasteiger partial charge is 0.481 e. The number of hydrogen-bond acceptors (Lipinski definition) is 2. The van der Waals surface area contributed by atoms with Crippen LogP contribution in [-0.4, -0.2) is 41.6 Å². The maximum Gasteiger partial charge on any atom is 0.317 e. The van der Waals surface area contributed by atoms with E-state index in [1.54, 1.807) is 7.05 Å². The molecule has 1 aliphatic carbocycles. The van der Waals surface area contributed by atoms with Crippen LogP contribution in [-0.2, 0) is 4.79 Å². The highest BCUT2D eigenvalue weighted by atomic mass is 16.4. The Labute approximate surface area is 109 Å². The molecule has 5 heteroatoms. The highest BCUT2D eigenvalue weighted by Gasteiger charge is 2.28. The Morgan fingerprint density at radius 2 is 1.89 bits per heavy atom. The molecule has 0 aromatic carbocycles. The fourth-order valence-electron chi connectivity index (χ4n) is 2.19. The van der Waals surface area contributed by atoms with E-state index >= 15 is 0 Å². The van der Waals surface area contributed by atoms with Crippen LogP contribution in [0.4, 0.5) is 4.79 Å². The van der Waals surface area contributed by atoms with Crippen molar-refractivity contribution < 1.29 is 14.7 Å². The maximum absolute atomic E-state index is 11.8. The van der Waals surface area contributed by atoms with E-state index in [0.717, 1.165) is 25.7 Å². The zero-order valence-electron chi connectivity index (χ0n) is 11.5. The molecule has 0 unspecified atom stereocenters. The first-order chi connectivity index (χ1) is 8.30. The van der Waals surface area contributed by atoms with Gasteiger partial charge in [-0.05, 0) is 31.1 Å². The molecule has 0 bridgehead atoms. The first-order valence-electron chi connectivity index (χ1n) is 6.53. The van der Waals surface area contributed by atoms with Gasteiger partial charge in [-0.3, -0.25) is 4.79 Å². The predicted octanol–water partition coefficient (Wildman–Crippen LogP) is 2.07. The van der Waals surface area contributed by atoms with Gasteiger partial charge < -0.3 is 15.3 Å². The molecule has 104 valence electrons. The van der Waals surface area contributed by atoms with Gasteiger partial charge in [0.15, 0.2) is 0 Å². The van der Waals surface area contributed by atoms with Gasteiger partial charge in [-0.25, -0.2) is 4.79 Å². The Bertz CT molecular complexity index is 305. The van der Waals surface area contributed by atoms with E-state index in [-0.39, 0.29) is 25.0 Å². The minimum absolute atomic E-state index is 0.0123. The molecule has 0 aliphatic heterocycles. The van der Waals surface area contributed by atoms with Gasteiger partial charge in [0.1, 0.15) is 0 Å². The average molecular weight is 256 g/mol. The monoisotopic (exact) mass is 256 g/mol. The Hall–Kier alpha value is -1.26. The van der Waals surface area contributed by atoms with Crippen LogP contribution in [0.2, 0.25) is 0 Å². The van der Waals surface area contributed by atoms with Crippen molar-refractivity contribution in [2.45, 2.75) is 52.0 Å². The van der Waals surface area contributed by atoms with Crippen molar-refractivity contribution in [2.24, 2.45) is 5.41 Å². The zero-order valence-corrected chi connectivity index (χ0v) is 11.5. The van der Waals surface area contributed by atoms with Gasteiger partial charge in [0.25, 0.3) is 0 Å². The van der Waals surface area contributed by atoms with E-state index in [1.807, 2.05) is 0 Å². The van der Waals surface area contributed by atoms with Crippen molar-refractivity contribution in [3.8, 4) is 0 Å². The Morgan fingerprint density at radius 3 is 2.39 bits per heavy atom. The molecule has 0 aromatic rings. The summed E-state index contributed by atoms with van der Waals surface area (Å²) in [4.78, 5) is 23.7. The lowest BCUT2D eigenvalue weighted by molar-refractivity contribution is -0.137. The number of carboxylic acids is 1. The van der Waals surface area contributed by atoms with Gasteiger partial charge >= 0.3 is 12.0 Å².